The monoisotopic (exact) mass is 442 g/mol. The molecule has 0 saturated heterocycles. The molecule has 3 aromatic rings. The predicted octanol–water partition coefficient (Wildman–Crippen LogP) is 4.94. The van der Waals surface area contributed by atoms with E-state index in [1.54, 1.807) is 23.5 Å². The summed E-state index contributed by atoms with van der Waals surface area (Å²) in [5.74, 6) is -0.509. The molecule has 6 heteroatoms. The van der Waals surface area contributed by atoms with E-state index in [0.29, 0.717) is 22.5 Å². The highest BCUT2D eigenvalue weighted by Crippen LogP contribution is 2.38. The summed E-state index contributed by atoms with van der Waals surface area (Å²) in [5.41, 5.74) is 3.59. The second-order valence-corrected chi connectivity index (χ2v) is 9.10. The van der Waals surface area contributed by atoms with Crippen LogP contribution in [0.3, 0.4) is 0 Å². The maximum Gasteiger partial charge on any atom is 0.258 e. The molecule has 0 aromatic heterocycles. The van der Waals surface area contributed by atoms with Crippen molar-refractivity contribution in [2.45, 2.75) is 14.7 Å². The molecule has 3 aromatic carbocycles. The quantitative estimate of drug-likeness (QED) is 0.550. The van der Waals surface area contributed by atoms with Gasteiger partial charge in [-0.05, 0) is 53.8 Å². The van der Waals surface area contributed by atoms with Crippen molar-refractivity contribution >= 4 is 46.7 Å². The van der Waals surface area contributed by atoms with E-state index in [2.05, 4.69) is 22.8 Å². The molecule has 2 heterocycles. The molecule has 0 radical (unpaired) electrons. The maximum absolute atomic E-state index is 12.8. The summed E-state index contributed by atoms with van der Waals surface area (Å²) in [6.07, 6.45) is 2.01. The lowest BCUT2D eigenvalue weighted by Gasteiger charge is -2.08. The first-order valence-corrected chi connectivity index (χ1v) is 11.8. The molecular weight excluding hydrogens is 424 g/mol. The largest absolute Gasteiger partial charge is 0.321 e. The Morgan fingerprint density at radius 2 is 1.03 bits per heavy atom. The molecule has 2 amide bonds. The minimum atomic E-state index is -0.255. The van der Waals surface area contributed by atoms with E-state index in [9.17, 15) is 9.59 Å². The minimum Gasteiger partial charge on any atom is -0.321 e. The second-order valence-electron chi connectivity index (χ2n) is 7.08. The topological polar surface area (TPSA) is 58.2 Å². The molecule has 5 rings (SSSR count). The smallest absolute Gasteiger partial charge is 0.258 e. The summed E-state index contributed by atoms with van der Waals surface area (Å²) in [5, 5.41) is 5.80. The summed E-state index contributed by atoms with van der Waals surface area (Å²) >= 11 is 3.31. The SMILES string of the molecule is CSc1ccc(C2=C3C(=O)NC(c4ccc(Sc5ccccc5)cc4)=C3C(=O)N2)cc1. The lowest BCUT2D eigenvalue weighted by molar-refractivity contribution is -0.117. The zero-order valence-electron chi connectivity index (χ0n) is 16.6. The number of nitrogens with one attached hydrogen (secondary N) is 2. The van der Waals surface area contributed by atoms with Crippen molar-refractivity contribution in [1.29, 1.82) is 0 Å². The Morgan fingerprint density at radius 1 is 0.581 bits per heavy atom. The van der Waals surface area contributed by atoms with Gasteiger partial charge < -0.3 is 10.6 Å². The number of thioether (sulfide) groups is 1. The van der Waals surface area contributed by atoms with Crippen LogP contribution in [0.4, 0.5) is 0 Å². The third kappa shape index (κ3) is 3.69. The van der Waals surface area contributed by atoms with Gasteiger partial charge in [0.2, 0.25) is 0 Å². The van der Waals surface area contributed by atoms with Crippen LogP contribution in [-0.2, 0) is 9.59 Å². The lowest BCUT2D eigenvalue weighted by Crippen LogP contribution is -2.21. The van der Waals surface area contributed by atoms with Crippen molar-refractivity contribution in [2.75, 3.05) is 6.26 Å². The molecule has 0 aliphatic carbocycles. The van der Waals surface area contributed by atoms with E-state index in [1.165, 1.54) is 0 Å². The van der Waals surface area contributed by atoms with Gasteiger partial charge in [-0.2, -0.15) is 0 Å². The zero-order chi connectivity index (χ0) is 21.4. The number of rotatable bonds is 5. The number of carbonyl (C=O) groups excluding carboxylic acids is 2. The van der Waals surface area contributed by atoms with E-state index in [0.717, 1.165) is 25.8 Å². The van der Waals surface area contributed by atoms with E-state index in [-0.39, 0.29) is 11.8 Å². The Hall–Kier alpha value is -3.22. The van der Waals surface area contributed by atoms with Crippen molar-refractivity contribution < 1.29 is 9.59 Å². The fourth-order valence-corrected chi connectivity index (χ4v) is 4.93. The fourth-order valence-electron chi connectivity index (χ4n) is 3.69. The van der Waals surface area contributed by atoms with Crippen LogP contribution in [0, 0.1) is 0 Å². The van der Waals surface area contributed by atoms with E-state index in [1.807, 2.05) is 73.0 Å². The van der Waals surface area contributed by atoms with Crippen molar-refractivity contribution in [3.05, 3.63) is 101 Å². The first kappa shape index (κ1) is 19.7. The summed E-state index contributed by atoms with van der Waals surface area (Å²) < 4.78 is 0. The summed E-state index contributed by atoms with van der Waals surface area (Å²) in [4.78, 5) is 28.9. The molecule has 31 heavy (non-hydrogen) atoms. The van der Waals surface area contributed by atoms with Gasteiger partial charge in [-0.25, -0.2) is 0 Å². The van der Waals surface area contributed by atoms with Crippen LogP contribution >= 0.6 is 23.5 Å². The van der Waals surface area contributed by atoms with Crippen LogP contribution in [-0.4, -0.2) is 18.1 Å². The minimum absolute atomic E-state index is 0.255. The average molecular weight is 443 g/mol. The van der Waals surface area contributed by atoms with Gasteiger partial charge in [-0.1, -0.05) is 54.2 Å². The van der Waals surface area contributed by atoms with Crippen LogP contribution in [0.5, 0.6) is 0 Å². The molecule has 2 aliphatic rings. The Bertz CT molecular complexity index is 1240. The van der Waals surface area contributed by atoms with Gasteiger partial charge in [0.15, 0.2) is 0 Å². The molecule has 2 aliphatic heterocycles. The van der Waals surface area contributed by atoms with Crippen LogP contribution in [0.1, 0.15) is 11.1 Å². The molecule has 152 valence electrons. The standard InChI is InChI=1S/C25H18N2O2S2/c1-30-17-11-7-15(8-12-17)22-20-21(25(29)26-22)23(27-24(20)28)16-9-13-19(14-10-16)31-18-5-3-2-4-6-18/h2-14H,1H3,(H,26,29)(H,27,28). The maximum atomic E-state index is 12.8. The van der Waals surface area contributed by atoms with Crippen LogP contribution in [0.15, 0.2) is 105 Å². The number of amides is 2. The third-order valence-electron chi connectivity index (χ3n) is 5.18. The van der Waals surface area contributed by atoms with E-state index < -0.39 is 0 Å². The predicted molar refractivity (Wildman–Crippen MR) is 125 cm³/mol. The molecular formula is C25H18N2O2S2. The average Bonchev–Trinajstić information content (AvgIpc) is 3.33. The normalized spacial score (nSPS) is 15.3. The molecule has 0 atom stereocenters. The number of hydrogen-bond acceptors (Lipinski definition) is 4. The van der Waals surface area contributed by atoms with Crippen molar-refractivity contribution in [1.82, 2.24) is 10.6 Å². The lowest BCUT2D eigenvalue weighted by atomic mass is 10.0. The molecule has 0 spiro atoms. The summed E-state index contributed by atoms with van der Waals surface area (Å²) in [6, 6.07) is 25.9. The van der Waals surface area contributed by atoms with Gasteiger partial charge in [0, 0.05) is 14.7 Å². The van der Waals surface area contributed by atoms with Crippen LogP contribution in [0.2, 0.25) is 0 Å². The van der Waals surface area contributed by atoms with Crippen molar-refractivity contribution in [2.24, 2.45) is 0 Å². The molecule has 0 bridgehead atoms. The molecule has 0 unspecified atom stereocenters. The number of carbonyl (C=O) groups is 2. The van der Waals surface area contributed by atoms with Gasteiger partial charge in [-0.15, -0.1) is 11.8 Å². The third-order valence-corrected chi connectivity index (χ3v) is 6.94. The van der Waals surface area contributed by atoms with Crippen LogP contribution < -0.4 is 10.6 Å². The van der Waals surface area contributed by atoms with E-state index >= 15 is 0 Å². The number of hydrogen-bond donors (Lipinski definition) is 2. The van der Waals surface area contributed by atoms with Gasteiger partial charge in [-0.3, -0.25) is 9.59 Å². The first-order chi connectivity index (χ1) is 15.1. The van der Waals surface area contributed by atoms with Crippen molar-refractivity contribution in [3.63, 3.8) is 0 Å². The van der Waals surface area contributed by atoms with Gasteiger partial charge in [0.25, 0.3) is 11.8 Å². The second kappa shape index (κ2) is 8.13. The molecule has 2 N–H and O–H groups in total. The number of fused-ring (bicyclic) bond motifs is 1. The summed E-state index contributed by atoms with van der Waals surface area (Å²) in [7, 11) is 0. The highest BCUT2D eigenvalue weighted by molar-refractivity contribution is 7.99. The highest BCUT2D eigenvalue weighted by atomic mass is 32.2. The van der Waals surface area contributed by atoms with Gasteiger partial charge >= 0.3 is 0 Å². The Kier molecular flexibility index (Phi) is 5.18. The number of benzene rings is 3. The van der Waals surface area contributed by atoms with Crippen molar-refractivity contribution in [3.8, 4) is 0 Å². The zero-order valence-corrected chi connectivity index (χ0v) is 18.3. The Balaban J connectivity index is 1.49. The molecule has 0 saturated carbocycles. The first-order valence-electron chi connectivity index (χ1n) is 9.73. The Labute approximate surface area is 188 Å². The summed E-state index contributed by atoms with van der Waals surface area (Å²) in [6.45, 7) is 0. The van der Waals surface area contributed by atoms with Crippen LogP contribution in [0.25, 0.3) is 11.4 Å². The van der Waals surface area contributed by atoms with Gasteiger partial charge in [0.1, 0.15) is 0 Å². The fraction of sp³-hybridized carbons (Fsp3) is 0.0400. The van der Waals surface area contributed by atoms with Gasteiger partial charge in [0.05, 0.1) is 22.5 Å². The molecule has 0 fully saturated rings. The Morgan fingerprint density at radius 3 is 1.52 bits per heavy atom. The van der Waals surface area contributed by atoms with E-state index in [4.69, 9.17) is 0 Å². The molecule has 4 nitrogen and oxygen atoms in total. The highest BCUT2D eigenvalue weighted by Gasteiger charge is 2.40.